The van der Waals surface area contributed by atoms with Crippen molar-refractivity contribution in [3.8, 4) is 0 Å². The first-order chi connectivity index (χ1) is 8.15. The molecule has 0 aliphatic carbocycles. The van der Waals surface area contributed by atoms with E-state index in [0.29, 0.717) is 5.92 Å². The highest BCUT2D eigenvalue weighted by Gasteiger charge is 2.15. The van der Waals surface area contributed by atoms with Gasteiger partial charge in [0.25, 0.3) is 0 Å². The molecular weight excluding hydrogens is 212 g/mol. The summed E-state index contributed by atoms with van der Waals surface area (Å²) in [5.41, 5.74) is 2.24. The summed E-state index contributed by atoms with van der Waals surface area (Å²) in [6.45, 7) is 3.66. The largest absolute Gasteiger partial charge is 0.459 e. The van der Waals surface area contributed by atoms with Gasteiger partial charge in [-0.05, 0) is 49.5 Å². The number of likely N-dealkylation sites (tertiary alicyclic amines) is 1. The van der Waals surface area contributed by atoms with Gasteiger partial charge in [-0.25, -0.2) is 0 Å². The SMILES string of the molecule is [CH2-]N1CCC(c2ccc(NC(C)=O)cc2)CC1. The quantitative estimate of drug-likeness (QED) is 0.793. The second-order valence-corrected chi connectivity index (χ2v) is 4.70. The van der Waals surface area contributed by atoms with E-state index in [1.165, 1.54) is 25.3 Å². The van der Waals surface area contributed by atoms with E-state index in [0.717, 1.165) is 18.8 Å². The standard InChI is InChI=1S/C14H19N2O/c1-11(17)15-14-5-3-12(4-6-14)13-7-9-16(2)10-8-13/h3-6,13H,2,7-10H2,1H3,(H,15,17)/q-1. The molecular formula is C14H19N2O-. The molecule has 0 aromatic heterocycles. The van der Waals surface area contributed by atoms with Gasteiger partial charge in [-0.3, -0.25) is 11.8 Å². The Morgan fingerprint density at radius 3 is 2.41 bits per heavy atom. The molecule has 1 aliphatic rings. The lowest BCUT2D eigenvalue weighted by Crippen LogP contribution is -2.27. The predicted octanol–water partition coefficient (Wildman–Crippen LogP) is 2.62. The van der Waals surface area contributed by atoms with Crippen LogP contribution in [0.25, 0.3) is 0 Å². The average molecular weight is 231 g/mol. The molecule has 1 aromatic carbocycles. The smallest absolute Gasteiger partial charge is 0.221 e. The zero-order chi connectivity index (χ0) is 12.3. The Bertz CT molecular complexity index is 378. The molecule has 1 N–H and O–H groups in total. The van der Waals surface area contributed by atoms with Crippen molar-refractivity contribution in [1.82, 2.24) is 4.90 Å². The number of benzene rings is 1. The van der Waals surface area contributed by atoms with Gasteiger partial charge < -0.3 is 10.2 Å². The van der Waals surface area contributed by atoms with Crippen molar-refractivity contribution in [2.75, 3.05) is 18.4 Å². The fourth-order valence-electron chi connectivity index (χ4n) is 2.31. The van der Waals surface area contributed by atoms with E-state index in [-0.39, 0.29) is 5.91 Å². The highest BCUT2D eigenvalue weighted by atomic mass is 16.1. The van der Waals surface area contributed by atoms with Gasteiger partial charge in [-0.15, -0.1) is 0 Å². The first-order valence-electron chi connectivity index (χ1n) is 6.08. The van der Waals surface area contributed by atoms with Crippen LogP contribution in [0.1, 0.15) is 31.2 Å². The van der Waals surface area contributed by atoms with Crippen LogP contribution < -0.4 is 5.32 Å². The minimum Gasteiger partial charge on any atom is -0.459 e. The number of piperidine rings is 1. The van der Waals surface area contributed by atoms with Gasteiger partial charge in [0.15, 0.2) is 0 Å². The molecule has 1 aliphatic heterocycles. The zero-order valence-electron chi connectivity index (χ0n) is 10.3. The van der Waals surface area contributed by atoms with Crippen molar-refractivity contribution in [2.24, 2.45) is 0 Å². The van der Waals surface area contributed by atoms with Crippen LogP contribution in [0.15, 0.2) is 24.3 Å². The second kappa shape index (κ2) is 5.32. The molecule has 1 aromatic rings. The first-order valence-corrected chi connectivity index (χ1v) is 6.08. The third-order valence-corrected chi connectivity index (χ3v) is 3.29. The van der Waals surface area contributed by atoms with Gasteiger partial charge >= 0.3 is 0 Å². The molecule has 3 heteroatoms. The highest BCUT2D eigenvalue weighted by Crippen LogP contribution is 2.28. The number of carbonyl (C=O) groups excluding carboxylic acids is 1. The molecule has 0 bridgehead atoms. The number of nitrogens with zero attached hydrogens (tertiary/aromatic N) is 1. The summed E-state index contributed by atoms with van der Waals surface area (Å²) in [6.07, 6.45) is 2.34. The maximum atomic E-state index is 10.9. The van der Waals surface area contributed by atoms with Gasteiger partial charge in [-0.2, -0.15) is 0 Å². The van der Waals surface area contributed by atoms with E-state index < -0.39 is 0 Å². The Hall–Kier alpha value is -1.35. The van der Waals surface area contributed by atoms with Crippen LogP contribution in [0.5, 0.6) is 0 Å². The summed E-state index contributed by atoms with van der Waals surface area (Å²) < 4.78 is 0. The van der Waals surface area contributed by atoms with Crippen LogP contribution in [0.4, 0.5) is 5.69 Å². The minimum absolute atomic E-state index is 0.0249. The molecule has 1 saturated heterocycles. The summed E-state index contributed by atoms with van der Waals surface area (Å²) in [4.78, 5) is 13.0. The molecule has 1 fully saturated rings. The van der Waals surface area contributed by atoms with Crippen LogP contribution in [0, 0.1) is 7.05 Å². The zero-order valence-corrected chi connectivity index (χ0v) is 10.3. The Kier molecular flexibility index (Phi) is 3.79. The van der Waals surface area contributed by atoms with Crippen LogP contribution >= 0.6 is 0 Å². The minimum atomic E-state index is -0.0249. The van der Waals surface area contributed by atoms with E-state index in [1.54, 1.807) is 0 Å². The molecule has 0 saturated carbocycles. The van der Waals surface area contributed by atoms with Gasteiger partial charge in [0.05, 0.1) is 0 Å². The van der Waals surface area contributed by atoms with E-state index in [2.05, 4.69) is 29.4 Å². The predicted molar refractivity (Wildman–Crippen MR) is 69.7 cm³/mol. The van der Waals surface area contributed by atoms with Gasteiger partial charge in [-0.1, -0.05) is 12.1 Å². The molecule has 2 rings (SSSR count). The Morgan fingerprint density at radius 1 is 1.29 bits per heavy atom. The monoisotopic (exact) mass is 231 g/mol. The number of hydrogen-bond acceptors (Lipinski definition) is 2. The van der Waals surface area contributed by atoms with E-state index >= 15 is 0 Å². The Labute approximate surface area is 103 Å². The second-order valence-electron chi connectivity index (χ2n) is 4.70. The fraction of sp³-hybridized carbons (Fsp3) is 0.429. The van der Waals surface area contributed by atoms with Crippen molar-refractivity contribution in [3.63, 3.8) is 0 Å². The molecule has 3 nitrogen and oxygen atoms in total. The lowest BCUT2D eigenvalue weighted by Gasteiger charge is -2.34. The van der Waals surface area contributed by atoms with Gasteiger partial charge in [0.1, 0.15) is 0 Å². The molecule has 0 radical (unpaired) electrons. The molecule has 92 valence electrons. The number of carbonyl (C=O) groups is 1. The third-order valence-electron chi connectivity index (χ3n) is 3.29. The average Bonchev–Trinajstić information content (AvgIpc) is 2.30. The summed E-state index contributed by atoms with van der Waals surface area (Å²) in [7, 11) is 3.96. The number of hydrogen-bond donors (Lipinski definition) is 1. The lowest BCUT2D eigenvalue weighted by atomic mass is 9.89. The van der Waals surface area contributed by atoms with Crippen LogP contribution in [0.3, 0.4) is 0 Å². The number of rotatable bonds is 2. The van der Waals surface area contributed by atoms with Crippen LogP contribution in [-0.2, 0) is 4.79 Å². The van der Waals surface area contributed by atoms with Crippen molar-refractivity contribution >= 4 is 11.6 Å². The number of anilines is 1. The first kappa shape index (κ1) is 12.1. The van der Waals surface area contributed by atoms with E-state index in [9.17, 15) is 4.79 Å². The maximum Gasteiger partial charge on any atom is 0.221 e. The molecule has 0 unspecified atom stereocenters. The molecule has 17 heavy (non-hydrogen) atoms. The summed E-state index contributed by atoms with van der Waals surface area (Å²) in [5.74, 6) is 0.613. The fourth-order valence-corrected chi connectivity index (χ4v) is 2.31. The normalized spacial score (nSPS) is 18.0. The van der Waals surface area contributed by atoms with Crippen molar-refractivity contribution in [3.05, 3.63) is 36.9 Å². The van der Waals surface area contributed by atoms with E-state index in [4.69, 9.17) is 0 Å². The van der Waals surface area contributed by atoms with Crippen molar-refractivity contribution in [1.29, 1.82) is 0 Å². The molecule has 0 spiro atoms. The van der Waals surface area contributed by atoms with Gasteiger partial charge in [0.2, 0.25) is 5.91 Å². The van der Waals surface area contributed by atoms with Gasteiger partial charge in [0, 0.05) is 12.6 Å². The van der Waals surface area contributed by atoms with Crippen LogP contribution in [-0.4, -0.2) is 23.9 Å². The third kappa shape index (κ3) is 3.30. The Morgan fingerprint density at radius 2 is 1.88 bits per heavy atom. The number of nitrogens with one attached hydrogen (secondary N) is 1. The van der Waals surface area contributed by atoms with E-state index in [1.807, 2.05) is 12.1 Å². The molecule has 1 amide bonds. The van der Waals surface area contributed by atoms with Crippen molar-refractivity contribution < 1.29 is 4.79 Å². The Balaban J connectivity index is 2.00. The van der Waals surface area contributed by atoms with Crippen molar-refractivity contribution in [2.45, 2.75) is 25.7 Å². The maximum absolute atomic E-state index is 10.9. The lowest BCUT2D eigenvalue weighted by molar-refractivity contribution is -0.114. The highest BCUT2D eigenvalue weighted by molar-refractivity contribution is 5.88. The van der Waals surface area contributed by atoms with Crippen LogP contribution in [0.2, 0.25) is 0 Å². The summed E-state index contributed by atoms with van der Waals surface area (Å²) in [6, 6.07) is 8.20. The number of amides is 1. The summed E-state index contributed by atoms with van der Waals surface area (Å²) >= 11 is 0. The topological polar surface area (TPSA) is 32.3 Å². The molecule has 1 heterocycles. The summed E-state index contributed by atoms with van der Waals surface area (Å²) in [5, 5.41) is 2.78. The molecule has 0 atom stereocenters.